The van der Waals surface area contributed by atoms with Gasteiger partial charge in [0.1, 0.15) is 0 Å². The lowest BCUT2D eigenvalue weighted by Gasteiger charge is -2.64. The molecule has 0 aliphatic heterocycles. The summed E-state index contributed by atoms with van der Waals surface area (Å²) in [5, 5.41) is 10.3. The fraction of sp³-hybridized carbons (Fsp3) is 0.909. The molecule has 9 atom stereocenters. The van der Waals surface area contributed by atoms with E-state index in [1.54, 1.807) is 0 Å². The van der Waals surface area contributed by atoms with Crippen LogP contribution in [-0.4, -0.2) is 37.6 Å². The van der Waals surface area contributed by atoms with Crippen LogP contribution >= 0.6 is 0 Å². The van der Waals surface area contributed by atoms with Crippen LogP contribution in [0.3, 0.4) is 0 Å². The van der Waals surface area contributed by atoms with Crippen LogP contribution in [0, 0.1) is 34.5 Å². The molecule has 3 nitrogen and oxygen atoms in total. The van der Waals surface area contributed by atoms with E-state index in [9.17, 15) is 5.11 Å². The van der Waals surface area contributed by atoms with Crippen LogP contribution in [0.2, 0.25) is 0 Å². The van der Waals surface area contributed by atoms with E-state index in [-0.39, 0.29) is 29.1 Å². The highest BCUT2D eigenvalue weighted by molar-refractivity contribution is 5.23. The maximum Gasteiger partial charge on any atom is 0.0870 e. The molecule has 3 heteroatoms. The first-order valence-electron chi connectivity index (χ1n) is 10.3. The van der Waals surface area contributed by atoms with E-state index < -0.39 is 0 Å². The van der Waals surface area contributed by atoms with Crippen molar-refractivity contribution in [2.24, 2.45) is 34.5 Å². The second-order valence-electron chi connectivity index (χ2n) is 9.83. The molecule has 0 aromatic rings. The number of aliphatic hydroxyl groups is 1. The third kappa shape index (κ3) is 2.34. The Labute approximate surface area is 153 Å². The molecule has 4 saturated carbocycles. The van der Waals surface area contributed by atoms with Gasteiger partial charge in [-0.2, -0.15) is 0 Å². The zero-order valence-electron chi connectivity index (χ0n) is 16.5. The fourth-order valence-corrected chi connectivity index (χ4v) is 7.68. The summed E-state index contributed by atoms with van der Waals surface area (Å²) < 4.78 is 12.2. The summed E-state index contributed by atoms with van der Waals surface area (Å²) in [5.74, 6) is 2.32. The van der Waals surface area contributed by atoms with Gasteiger partial charge in [0.25, 0.3) is 0 Å². The number of hydrogen-bond acceptors (Lipinski definition) is 3. The van der Waals surface area contributed by atoms with Gasteiger partial charge in [0.2, 0.25) is 0 Å². The van der Waals surface area contributed by atoms with Gasteiger partial charge in [-0.05, 0) is 79.4 Å². The Hall–Kier alpha value is -0.380. The van der Waals surface area contributed by atoms with Crippen LogP contribution in [0.4, 0.5) is 0 Å². The highest BCUT2D eigenvalue weighted by Crippen LogP contribution is 2.67. The summed E-state index contributed by atoms with van der Waals surface area (Å²) in [7, 11) is 3.71. The Morgan fingerprint density at radius 2 is 1.68 bits per heavy atom. The number of hydrogen-bond donors (Lipinski definition) is 1. The average molecular weight is 349 g/mol. The molecular weight excluding hydrogens is 312 g/mol. The van der Waals surface area contributed by atoms with Gasteiger partial charge in [0.05, 0.1) is 18.3 Å². The monoisotopic (exact) mass is 348 g/mol. The predicted octanol–water partition coefficient (Wildman–Crippen LogP) is 4.20. The van der Waals surface area contributed by atoms with E-state index in [4.69, 9.17) is 9.47 Å². The summed E-state index contributed by atoms with van der Waals surface area (Å²) >= 11 is 0. The normalized spacial score (nSPS) is 55.4. The highest BCUT2D eigenvalue weighted by atomic mass is 16.5. The van der Waals surface area contributed by atoms with E-state index in [0.717, 1.165) is 19.3 Å². The topological polar surface area (TPSA) is 38.7 Å². The number of rotatable bonds is 2. The minimum absolute atomic E-state index is 0.0995. The zero-order valence-corrected chi connectivity index (χ0v) is 16.5. The molecule has 0 aromatic carbocycles. The minimum Gasteiger partial charge on any atom is -0.393 e. The van der Waals surface area contributed by atoms with Gasteiger partial charge in [0, 0.05) is 14.2 Å². The van der Waals surface area contributed by atoms with Gasteiger partial charge in [-0.3, -0.25) is 0 Å². The third-order valence-electron chi connectivity index (χ3n) is 9.17. The van der Waals surface area contributed by atoms with E-state index >= 15 is 0 Å². The standard InChI is InChI=1S/C22H36O3/c1-13-6-7-15-18-16(9-11-21(13,15)2)22(3)10-8-14(23)12-17(22)19(24-4)20(18)25-5/h14-20,23H,1,6-12H2,2-5H3. The summed E-state index contributed by atoms with van der Waals surface area (Å²) in [4.78, 5) is 0. The van der Waals surface area contributed by atoms with Crippen molar-refractivity contribution in [3.8, 4) is 0 Å². The first-order valence-corrected chi connectivity index (χ1v) is 10.3. The molecule has 0 spiro atoms. The molecule has 142 valence electrons. The Bertz CT molecular complexity index is 545. The lowest BCUT2D eigenvalue weighted by Crippen LogP contribution is -2.64. The first kappa shape index (κ1) is 18.0. The Morgan fingerprint density at radius 3 is 2.36 bits per heavy atom. The van der Waals surface area contributed by atoms with Crippen LogP contribution in [0.15, 0.2) is 12.2 Å². The Morgan fingerprint density at radius 1 is 0.960 bits per heavy atom. The molecule has 1 N–H and O–H groups in total. The number of aliphatic hydroxyl groups excluding tert-OH is 1. The molecule has 4 fully saturated rings. The maximum atomic E-state index is 10.3. The number of allylic oxidation sites excluding steroid dienone is 1. The smallest absolute Gasteiger partial charge is 0.0870 e. The van der Waals surface area contributed by atoms with Gasteiger partial charge in [-0.15, -0.1) is 0 Å². The molecule has 0 amide bonds. The van der Waals surface area contributed by atoms with Crippen LogP contribution < -0.4 is 0 Å². The number of ether oxygens (including phenoxy) is 2. The fourth-order valence-electron chi connectivity index (χ4n) is 7.68. The molecule has 0 saturated heterocycles. The van der Waals surface area contributed by atoms with Crippen molar-refractivity contribution in [1.29, 1.82) is 0 Å². The highest BCUT2D eigenvalue weighted by Gasteiger charge is 2.64. The molecule has 0 heterocycles. The van der Waals surface area contributed by atoms with Crippen molar-refractivity contribution in [2.45, 2.75) is 77.1 Å². The number of fused-ring (bicyclic) bond motifs is 5. The molecule has 0 bridgehead atoms. The lowest BCUT2D eigenvalue weighted by atomic mass is 9.43. The maximum absolute atomic E-state index is 10.3. The van der Waals surface area contributed by atoms with Crippen LogP contribution in [0.5, 0.6) is 0 Å². The van der Waals surface area contributed by atoms with Crippen molar-refractivity contribution in [3.63, 3.8) is 0 Å². The molecule has 4 aliphatic rings. The Kier molecular flexibility index (Phi) is 4.37. The van der Waals surface area contributed by atoms with E-state index in [0.29, 0.717) is 23.7 Å². The van der Waals surface area contributed by atoms with Crippen molar-refractivity contribution in [3.05, 3.63) is 12.2 Å². The van der Waals surface area contributed by atoms with Crippen molar-refractivity contribution in [2.75, 3.05) is 14.2 Å². The lowest BCUT2D eigenvalue weighted by molar-refractivity contribution is -0.232. The summed E-state index contributed by atoms with van der Waals surface area (Å²) in [5.41, 5.74) is 2.02. The molecule has 0 radical (unpaired) electrons. The zero-order chi connectivity index (χ0) is 18.0. The minimum atomic E-state index is -0.176. The molecular formula is C22H36O3. The van der Waals surface area contributed by atoms with Gasteiger partial charge >= 0.3 is 0 Å². The second kappa shape index (κ2) is 6.07. The van der Waals surface area contributed by atoms with Crippen LogP contribution in [-0.2, 0) is 9.47 Å². The molecule has 0 aromatic heterocycles. The Balaban J connectivity index is 1.77. The van der Waals surface area contributed by atoms with Gasteiger partial charge in [-0.25, -0.2) is 0 Å². The van der Waals surface area contributed by atoms with Crippen molar-refractivity contribution in [1.82, 2.24) is 0 Å². The SMILES string of the molecule is C=C1CCC2C3C(OC)C(OC)C4CC(O)CCC4(C)C3CCC12C. The van der Waals surface area contributed by atoms with Crippen molar-refractivity contribution >= 4 is 0 Å². The van der Waals surface area contributed by atoms with E-state index in [1.807, 2.05) is 14.2 Å². The summed E-state index contributed by atoms with van der Waals surface area (Å²) in [6, 6.07) is 0. The average Bonchev–Trinajstić information content (AvgIpc) is 2.90. The van der Waals surface area contributed by atoms with Gasteiger partial charge in [-0.1, -0.05) is 26.0 Å². The van der Waals surface area contributed by atoms with Gasteiger partial charge < -0.3 is 14.6 Å². The van der Waals surface area contributed by atoms with Crippen LogP contribution in [0.1, 0.15) is 58.8 Å². The molecule has 4 aliphatic carbocycles. The van der Waals surface area contributed by atoms with E-state index in [1.165, 1.54) is 31.3 Å². The summed E-state index contributed by atoms with van der Waals surface area (Å²) in [6.07, 6.45) is 7.99. The molecule has 25 heavy (non-hydrogen) atoms. The molecule has 4 rings (SSSR count). The second-order valence-corrected chi connectivity index (χ2v) is 9.83. The predicted molar refractivity (Wildman–Crippen MR) is 99.2 cm³/mol. The first-order chi connectivity index (χ1) is 11.9. The summed E-state index contributed by atoms with van der Waals surface area (Å²) in [6.45, 7) is 9.39. The number of methoxy groups -OCH3 is 2. The quantitative estimate of drug-likeness (QED) is 0.760. The third-order valence-corrected chi connectivity index (χ3v) is 9.17. The van der Waals surface area contributed by atoms with Crippen molar-refractivity contribution < 1.29 is 14.6 Å². The van der Waals surface area contributed by atoms with E-state index in [2.05, 4.69) is 20.4 Å². The molecule has 9 unspecified atom stereocenters. The van der Waals surface area contributed by atoms with Gasteiger partial charge in [0.15, 0.2) is 0 Å². The largest absolute Gasteiger partial charge is 0.393 e. The van der Waals surface area contributed by atoms with Crippen LogP contribution in [0.25, 0.3) is 0 Å².